The highest BCUT2D eigenvalue weighted by atomic mass is 35.5. The predicted molar refractivity (Wildman–Crippen MR) is 88.1 cm³/mol. The smallest absolute Gasteiger partial charge is 0.260 e. The molecule has 0 spiro atoms. The van der Waals surface area contributed by atoms with Crippen molar-refractivity contribution in [2.75, 3.05) is 24.7 Å². The predicted octanol–water partition coefficient (Wildman–Crippen LogP) is 2.39. The van der Waals surface area contributed by atoms with Crippen molar-refractivity contribution in [3.8, 4) is 5.75 Å². The second-order valence-corrected chi connectivity index (χ2v) is 7.81. The van der Waals surface area contributed by atoms with E-state index in [4.69, 9.17) is 16.3 Å². The molecule has 124 valence electrons. The standard InChI is InChI=1S/C15H22ClNO4S/c1-4-17(12(3)11-22(19,20)5-2)15(18)10-21-14-8-6-7-13(16)9-14/h6-9,12H,4-5,10-11H2,1-3H3. The maximum Gasteiger partial charge on any atom is 0.260 e. The first-order chi connectivity index (χ1) is 10.3. The van der Waals surface area contributed by atoms with Crippen molar-refractivity contribution in [1.82, 2.24) is 4.90 Å². The summed E-state index contributed by atoms with van der Waals surface area (Å²) in [6, 6.07) is 6.39. The maximum absolute atomic E-state index is 12.2. The van der Waals surface area contributed by atoms with Crippen LogP contribution in [0.1, 0.15) is 20.8 Å². The number of likely N-dealkylation sites (N-methyl/N-ethyl adjacent to an activating group) is 1. The minimum atomic E-state index is -3.13. The number of rotatable bonds is 8. The van der Waals surface area contributed by atoms with Crippen molar-refractivity contribution < 1.29 is 17.9 Å². The summed E-state index contributed by atoms with van der Waals surface area (Å²) >= 11 is 5.85. The fourth-order valence-electron chi connectivity index (χ4n) is 2.09. The number of amides is 1. The van der Waals surface area contributed by atoms with E-state index in [9.17, 15) is 13.2 Å². The van der Waals surface area contributed by atoms with E-state index in [2.05, 4.69) is 0 Å². The molecule has 1 atom stereocenters. The van der Waals surface area contributed by atoms with E-state index in [1.165, 1.54) is 4.90 Å². The monoisotopic (exact) mass is 347 g/mol. The van der Waals surface area contributed by atoms with E-state index in [1.807, 2.05) is 6.92 Å². The van der Waals surface area contributed by atoms with Crippen LogP contribution in [0.25, 0.3) is 0 Å². The van der Waals surface area contributed by atoms with Crippen LogP contribution >= 0.6 is 11.6 Å². The Morgan fingerprint density at radius 1 is 1.36 bits per heavy atom. The van der Waals surface area contributed by atoms with Gasteiger partial charge in [0.05, 0.1) is 5.75 Å². The van der Waals surface area contributed by atoms with Crippen LogP contribution in [0, 0.1) is 0 Å². The fourth-order valence-corrected chi connectivity index (χ4v) is 3.42. The Hall–Kier alpha value is -1.27. The molecule has 1 aromatic carbocycles. The van der Waals surface area contributed by atoms with Gasteiger partial charge in [-0.15, -0.1) is 0 Å². The van der Waals surface area contributed by atoms with Gasteiger partial charge in [-0.3, -0.25) is 4.79 Å². The fraction of sp³-hybridized carbons (Fsp3) is 0.533. The van der Waals surface area contributed by atoms with Crippen molar-refractivity contribution >= 4 is 27.3 Å². The molecule has 0 aliphatic heterocycles. The van der Waals surface area contributed by atoms with E-state index in [1.54, 1.807) is 38.1 Å². The molecule has 0 saturated carbocycles. The molecule has 0 fully saturated rings. The highest BCUT2D eigenvalue weighted by Gasteiger charge is 2.23. The maximum atomic E-state index is 12.2. The Morgan fingerprint density at radius 3 is 2.59 bits per heavy atom. The number of carbonyl (C=O) groups excluding carboxylic acids is 1. The molecule has 0 aliphatic rings. The van der Waals surface area contributed by atoms with E-state index in [0.717, 1.165) is 0 Å². The van der Waals surface area contributed by atoms with Gasteiger partial charge < -0.3 is 9.64 Å². The Balaban J connectivity index is 2.64. The van der Waals surface area contributed by atoms with Gasteiger partial charge in [0, 0.05) is 23.4 Å². The SMILES string of the molecule is CCN(C(=O)COc1cccc(Cl)c1)C(C)CS(=O)(=O)CC. The molecule has 5 nitrogen and oxygen atoms in total. The molecule has 0 heterocycles. The molecule has 1 amide bonds. The average Bonchev–Trinajstić information content (AvgIpc) is 2.45. The van der Waals surface area contributed by atoms with Gasteiger partial charge in [0.2, 0.25) is 0 Å². The van der Waals surface area contributed by atoms with Crippen LogP contribution in [0.2, 0.25) is 5.02 Å². The Morgan fingerprint density at radius 2 is 2.05 bits per heavy atom. The van der Waals surface area contributed by atoms with Gasteiger partial charge in [-0.1, -0.05) is 24.6 Å². The molecular weight excluding hydrogens is 326 g/mol. The van der Waals surface area contributed by atoms with Gasteiger partial charge in [0.25, 0.3) is 5.91 Å². The van der Waals surface area contributed by atoms with Crippen LogP contribution in [0.5, 0.6) is 5.75 Å². The molecule has 1 aromatic rings. The zero-order chi connectivity index (χ0) is 16.8. The number of carbonyl (C=O) groups is 1. The normalized spacial score (nSPS) is 12.7. The Labute approximate surface area is 137 Å². The summed E-state index contributed by atoms with van der Waals surface area (Å²) in [5.74, 6) is 0.287. The molecule has 7 heteroatoms. The molecule has 0 bridgehead atoms. The number of benzene rings is 1. The van der Waals surface area contributed by atoms with Crippen LogP contribution < -0.4 is 4.74 Å². The topological polar surface area (TPSA) is 63.7 Å². The lowest BCUT2D eigenvalue weighted by Crippen LogP contribution is -2.44. The van der Waals surface area contributed by atoms with E-state index >= 15 is 0 Å². The number of hydrogen-bond acceptors (Lipinski definition) is 4. The van der Waals surface area contributed by atoms with Crippen LogP contribution in [0.4, 0.5) is 0 Å². The summed E-state index contributed by atoms with van der Waals surface area (Å²) in [4.78, 5) is 13.7. The second-order valence-electron chi connectivity index (χ2n) is 4.97. The lowest BCUT2D eigenvalue weighted by atomic mass is 10.3. The summed E-state index contributed by atoms with van der Waals surface area (Å²) in [5.41, 5.74) is 0. The Bertz CT molecular complexity index is 603. The molecule has 22 heavy (non-hydrogen) atoms. The number of nitrogens with zero attached hydrogens (tertiary/aromatic N) is 1. The quantitative estimate of drug-likeness (QED) is 0.724. The van der Waals surface area contributed by atoms with Crippen molar-refractivity contribution in [2.24, 2.45) is 0 Å². The number of sulfone groups is 1. The number of ether oxygens (including phenoxy) is 1. The largest absolute Gasteiger partial charge is 0.484 e. The minimum Gasteiger partial charge on any atom is -0.484 e. The van der Waals surface area contributed by atoms with E-state index in [-0.39, 0.29) is 30.1 Å². The molecule has 0 radical (unpaired) electrons. The molecule has 0 N–H and O–H groups in total. The third-order valence-corrected chi connectivity index (χ3v) is 5.39. The van der Waals surface area contributed by atoms with Crippen LogP contribution in [-0.2, 0) is 14.6 Å². The first-order valence-corrected chi connectivity index (χ1v) is 9.37. The number of hydrogen-bond donors (Lipinski definition) is 0. The third-order valence-electron chi connectivity index (χ3n) is 3.29. The average molecular weight is 348 g/mol. The van der Waals surface area contributed by atoms with Gasteiger partial charge in [0.1, 0.15) is 5.75 Å². The summed E-state index contributed by atoms with van der Waals surface area (Å²) in [6.07, 6.45) is 0. The summed E-state index contributed by atoms with van der Waals surface area (Å²) in [7, 11) is -3.13. The highest BCUT2D eigenvalue weighted by Crippen LogP contribution is 2.17. The zero-order valence-corrected chi connectivity index (χ0v) is 14.7. The molecule has 0 saturated heterocycles. The zero-order valence-electron chi connectivity index (χ0n) is 13.1. The van der Waals surface area contributed by atoms with Gasteiger partial charge in [-0.25, -0.2) is 8.42 Å². The van der Waals surface area contributed by atoms with Crippen LogP contribution in [-0.4, -0.2) is 49.9 Å². The Kier molecular flexibility index (Phi) is 7.16. The number of halogens is 1. The molecular formula is C15H22ClNO4S. The summed E-state index contributed by atoms with van der Waals surface area (Å²) in [6.45, 7) is 5.42. The minimum absolute atomic E-state index is 0.0414. The highest BCUT2D eigenvalue weighted by molar-refractivity contribution is 7.91. The van der Waals surface area contributed by atoms with Gasteiger partial charge >= 0.3 is 0 Å². The molecule has 1 unspecified atom stereocenters. The third kappa shape index (κ3) is 5.85. The summed E-state index contributed by atoms with van der Waals surface area (Å²) in [5, 5.41) is 0.528. The van der Waals surface area contributed by atoms with Crippen molar-refractivity contribution in [3.63, 3.8) is 0 Å². The van der Waals surface area contributed by atoms with Gasteiger partial charge in [0.15, 0.2) is 16.4 Å². The van der Waals surface area contributed by atoms with Crippen molar-refractivity contribution in [3.05, 3.63) is 29.3 Å². The molecule has 0 aromatic heterocycles. The van der Waals surface area contributed by atoms with Crippen molar-refractivity contribution in [2.45, 2.75) is 26.8 Å². The molecule has 0 aliphatic carbocycles. The first kappa shape index (κ1) is 18.8. The second kappa shape index (κ2) is 8.39. The van der Waals surface area contributed by atoms with Gasteiger partial charge in [-0.2, -0.15) is 0 Å². The lowest BCUT2D eigenvalue weighted by molar-refractivity contribution is -0.134. The summed E-state index contributed by atoms with van der Waals surface area (Å²) < 4.78 is 28.8. The van der Waals surface area contributed by atoms with E-state index < -0.39 is 9.84 Å². The molecule has 1 rings (SSSR count). The van der Waals surface area contributed by atoms with Crippen molar-refractivity contribution in [1.29, 1.82) is 0 Å². The lowest BCUT2D eigenvalue weighted by Gasteiger charge is -2.27. The van der Waals surface area contributed by atoms with Crippen LogP contribution in [0.3, 0.4) is 0 Å². The van der Waals surface area contributed by atoms with Gasteiger partial charge in [-0.05, 0) is 32.0 Å². The first-order valence-electron chi connectivity index (χ1n) is 7.17. The van der Waals surface area contributed by atoms with E-state index in [0.29, 0.717) is 17.3 Å². The van der Waals surface area contributed by atoms with Crippen LogP contribution in [0.15, 0.2) is 24.3 Å².